The highest BCUT2D eigenvalue weighted by molar-refractivity contribution is 6.20. The Morgan fingerprint density at radius 1 is 1.24 bits per heavy atom. The fourth-order valence-corrected chi connectivity index (χ4v) is 2.51. The second kappa shape index (κ2) is 7.17. The van der Waals surface area contributed by atoms with Gasteiger partial charge in [0.1, 0.15) is 29.6 Å². The Morgan fingerprint density at radius 3 is 2.64 bits per heavy atom. The summed E-state index contributed by atoms with van der Waals surface area (Å²) in [6.07, 6.45) is 1.57. The number of furan rings is 1. The highest BCUT2D eigenvalue weighted by Gasteiger charge is 2.33. The molecule has 0 aliphatic carbocycles. The number of benzene rings is 1. The Kier molecular flexibility index (Phi) is 4.79. The van der Waals surface area contributed by atoms with Gasteiger partial charge in [0.25, 0.3) is 5.91 Å². The molecule has 0 unspecified atom stereocenters. The van der Waals surface area contributed by atoms with Crippen molar-refractivity contribution in [3.8, 4) is 0 Å². The van der Waals surface area contributed by atoms with E-state index in [1.54, 1.807) is 19.1 Å². The first-order valence-electron chi connectivity index (χ1n) is 7.98. The maximum Gasteiger partial charge on any atom is 0.326 e. The first kappa shape index (κ1) is 16.7. The molecule has 0 spiro atoms. The third-order valence-corrected chi connectivity index (χ3v) is 3.61. The molecule has 0 saturated heterocycles. The van der Waals surface area contributed by atoms with Crippen LogP contribution < -0.4 is 0 Å². The molecule has 0 N–H and O–H groups in total. The Bertz CT molecular complexity index is 849. The lowest BCUT2D eigenvalue weighted by molar-refractivity contribution is -0.145. The molecule has 25 heavy (non-hydrogen) atoms. The molecule has 2 heterocycles. The van der Waals surface area contributed by atoms with Gasteiger partial charge in [0.05, 0.1) is 6.61 Å². The largest absolute Gasteiger partial charge is 0.465 e. The van der Waals surface area contributed by atoms with Crippen molar-refractivity contribution in [2.75, 3.05) is 13.2 Å². The zero-order chi connectivity index (χ0) is 17.8. The first-order chi connectivity index (χ1) is 12.1. The third kappa shape index (κ3) is 3.68. The molecule has 3 rings (SSSR count). The van der Waals surface area contributed by atoms with Crippen LogP contribution in [0.15, 0.2) is 57.6 Å². The fourth-order valence-electron chi connectivity index (χ4n) is 2.51. The Morgan fingerprint density at radius 2 is 2.00 bits per heavy atom. The molecule has 0 fully saturated rings. The monoisotopic (exact) mass is 338 g/mol. The number of carbonyl (C=O) groups is 2. The number of esters is 1. The van der Waals surface area contributed by atoms with Gasteiger partial charge in [0.2, 0.25) is 0 Å². The van der Waals surface area contributed by atoms with Gasteiger partial charge in [0.15, 0.2) is 0 Å². The van der Waals surface area contributed by atoms with Crippen LogP contribution in [0, 0.1) is 6.92 Å². The smallest absolute Gasteiger partial charge is 0.326 e. The van der Waals surface area contributed by atoms with Gasteiger partial charge in [-0.1, -0.05) is 30.3 Å². The minimum absolute atomic E-state index is 0.186. The number of amides is 1. The SMILES string of the molecule is CCOC(=O)CN1C(=O)C(=Cc2ccc(C)o2)N=C1c1ccccc1. The second-order valence-corrected chi connectivity index (χ2v) is 5.48. The van der Waals surface area contributed by atoms with Gasteiger partial charge < -0.3 is 9.15 Å². The summed E-state index contributed by atoms with van der Waals surface area (Å²) in [6.45, 7) is 3.62. The summed E-state index contributed by atoms with van der Waals surface area (Å²) in [7, 11) is 0. The molecule has 0 atom stereocenters. The molecule has 0 radical (unpaired) electrons. The van der Waals surface area contributed by atoms with Crippen molar-refractivity contribution < 1.29 is 18.7 Å². The fraction of sp³-hybridized carbons (Fsp3) is 0.211. The highest BCUT2D eigenvalue weighted by Crippen LogP contribution is 2.22. The Hall–Kier alpha value is -3.15. The molecule has 0 saturated carbocycles. The average molecular weight is 338 g/mol. The molecule has 1 aromatic heterocycles. The molecule has 6 heteroatoms. The van der Waals surface area contributed by atoms with E-state index in [9.17, 15) is 9.59 Å². The number of amidine groups is 1. The summed E-state index contributed by atoms with van der Waals surface area (Å²) in [5.74, 6) is 0.867. The third-order valence-electron chi connectivity index (χ3n) is 3.61. The minimum atomic E-state index is -0.477. The van der Waals surface area contributed by atoms with Crippen LogP contribution in [-0.2, 0) is 14.3 Å². The van der Waals surface area contributed by atoms with Crippen LogP contribution in [0.3, 0.4) is 0 Å². The molecule has 1 amide bonds. The number of carbonyl (C=O) groups excluding carboxylic acids is 2. The molecule has 128 valence electrons. The van der Waals surface area contributed by atoms with Crippen LogP contribution in [0.25, 0.3) is 6.08 Å². The van der Waals surface area contributed by atoms with Crippen LogP contribution in [0.1, 0.15) is 24.0 Å². The summed E-state index contributed by atoms with van der Waals surface area (Å²) < 4.78 is 10.4. The quantitative estimate of drug-likeness (QED) is 0.621. The summed E-state index contributed by atoms with van der Waals surface area (Å²) in [5, 5.41) is 0. The van der Waals surface area contributed by atoms with Crippen molar-refractivity contribution in [3.63, 3.8) is 0 Å². The lowest BCUT2D eigenvalue weighted by Crippen LogP contribution is -2.37. The van der Waals surface area contributed by atoms with E-state index in [1.165, 1.54) is 4.90 Å². The average Bonchev–Trinajstić information content (AvgIpc) is 3.14. The van der Waals surface area contributed by atoms with Crippen LogP contribution >= 0.6 is 0 Å². The number of hydrogen-bond donors (Lipinski definition) is 0. The summed E-state index contributed by atoms with van der Waals surface area (Å²) >= 11 is 0. The maximum atomic E-state index is 12.7. The minimum Gasteiger partial charge on any atom is -0.465 e. The van der Waals surface area contributed by atoms with Crippen LogP contribution in [0.5, 0.6) is 0 Å². The van der Waals surface area contributed by atoms with Gasteiger partial charge in [-0.05, 0) is 26.0 Å². The van der Waals surface area contributed by atoms with Crippen molar-refractivity contribution in [1.82, 2.24) is 4.90 Å². The Labute approximate surface area is 145 Å². The molecule has 6 nitrogen and oxygen atoms in total. The van der Waals surface area contributed by atoms with Gasteiger partial charge in [-0.2, -0.15) is 0 Å². The van der Waals surface area contributed by atoms with E-state index in [0.29, 0.717) is 11.6 Å². The second-order valence-electron chi connectivity index (χ2n) is 5.48. The zero-order valence-corrected chi connectivity index (χ0v) is 14.1. The summed E-state index contributed by atoms with van der Waals surface area (Å²) in [5.41, 5.74) is 0.969. The van der Waals surface area contributed by atoms with Crippen LogP contribution in [-0.4, -0.2) is 35.8 Å². The number of aryl methyl sites for hydroxylation is 1. The number of rotatable bonds is 5. The lowest BCUT2D eigenvalue weighted by Gasteiger charge is -2.17. The number of aliphatic imine (C=N–C) groups is 1. The van der Waals surface area contributed by atoms with E-state index in [1.807, 2.05) is 43.3 Å². The number of ether oxygens (including phenoxy) is 1. The zero-order valence-electron chi connectivity index (χ0n) is 14.1. The first-order valence-corrected chi connectivity index (χ1v) is 7.98. The molecule has 1 aliphatic heterocycles. The highest BCUT2D eigenvalue weighted by atomic mass is 16.5. The maximum absolute atomic E-state index is 12.7. The van der Waals surface area contributed by atoms with Crippen molar-refractivity contribution in [3.05, 3.63) is 65.2 Å². The van der Waals surface area contributed by atoms with Gasteiger partial charge >= 0.3 is 5.97 Å². The number of nitrogens with zero attached hydrogens (tertiary/aromatic N) is 2. The van der Waals surface area contributed by atoms with E-state index >= 15 is 0 Å². The number of hydrogen-bond acceptors (Lipinski definition) is 5. The van der Waals surface area contributed by atoms with Gasteiger partial charge in [0, 0.05) is 11.6 Å². The normalized spacial score (nSPS) is 15.6. The van der Waals surface area contributed by atoms with Crippen LogP contribution in [0.4, 0.5) is 0 Å². The van der Waals surface area contributed by atoms with Crippen molar-refractivity contribution >= 4 is 23.8 Å². The predicted molar refractivity (Wildman–Crippen MR) is 92.7 cm³/mol. The lowest BCUT2D eigenvalue weighted by atomic mass is 10.2. The van der Waals surface area contributed by atoms with E-state index in [4.69, 9.17) is 9.15 Å². The molecule has 1 aromatic carbocycles. The Balaban J connectivity index is 1.96. The van der Waals surface area contributed by atoms with Gasteiger partial charge in [-0.15, -0.1) is 0 Å². The molecule has 1 aliphatic rings. The molecular weight excluding hydrogens is 320 g/mol. The predicted octanol–water partition coefficient (Wildman–Crippen LogP) is 2.78. The van der Waals surface area contributed by atoms with Gasteiger partial charge in [-0.25, -0.2) is 4.99 Å². The summed E-state index contributed by atoms with van der Waals surface area (Å²) in [4.78, 5) is 30.4. The molecule has 2 aromatic rings. The van der Waals surface area contributed by atoms with Crippen molar-refractivity contribution in [2.24, 2.45) is 4.99 Å². The van der Waals surface area contributed by atoms with E-state index in [-0.39, 0.29) is 24.8 Å². The van der Waals surface area contributed by atoms with E-state index < -0.39 is 5.97 Å². The van der Waals surface area contributed by atoms with Gasteiger partial charge in [-0.3, -0.25) is 14.5 Å². The topological polar surface area (TPSA) is 72.1 Å². The summed E-state index contributed by atoms with van der Waals surface area (Å²) in [6, 6.07) is 12.8. The molecule has 0 bridgehead atoms. The van der Waals surface area contributed by atoms with Crippen molar-refractivity contribution in [2.45, 2.75) is 13.8 Å². The van der Waals surface area contributed by atoms with Crippen LogP contribution in [0.2, 0.25) is 0 Å². The standard InChI is InChI=1S/C19H18N2O4/c1-3-24-17(22)12-21-18(14-7-5-4-6-8-14)20-16(19(21)23)11-15-10-9-13(2)25-15/h4-11H,3,12H2,1-2H3. The van der Waals surface area contributed by atoms with Crippen molar-refractivity contribution in [1.29, 1.82) is 0 Å². The van der Waals surface area contributed by atoms with E-state index in [2.05, 4.69) is 4.99 Å². The van der Waals surface area contributed by atoms with E-state index in [0.717, 1.165) is 11.3 Å². The molecular formula is C19H18N2O4.